The number of nitrogens with zero attached hydrogens (tertiary/aromatic N) is 1. The fourth-order valence-electron chi connectivity index (χ4n) is 1.90. The van der Waals surface area contributed by atoms with Gasteiger partial charge >= 0.3 is 0 Å². The maximum absolute atomic E-state index is 14.4. The van der Waals surface area contributed by atoms with Crippen LogP contribution in [0.5, 0.6) is 0 Å². The van der Waals surface area contributed by atoms with Gasteiger partial charge in [0.05, 0.1) is 12.5 Å². The summed E-state index contributed by atoms with van der Waals surface area (Å²) in [4.78, 5) is 0. The highest BCUT2D eigenvalue weighted by Gasteiger charge is 2.33. The number of aryl methyl sites for hydroxylation is 1. The van der Waals surface area contributed by atoms with Crippen molar-refractivity contribution in [2.75, 3.05) is 0 Å². The van der Waals surface area contributed by atoms with Gasteiger partial charge in [0.1, 0.15) is 0 Å². The average Bonchev–Trinajstić information content (AvgIpc) is 2.40. The van der Waals surface area contributed by atoms with E-state index in [1.807, 2.05) is 13.0 Å². The van der Waals surface area contributed by atoms with Crippen molar-refractivity contribution in [3.05, 3.63) is 70.8 Å². The van der Waals surface area contributed by atoms with E-state index in [2.05, 4.69) is 0 Å². The molecule has 0 unspecified atom stereocenters. The summed E-state index contributed by atoms with van der Waals surface area (Å²) < 4.78 is 28.7. The maximum Gasteiger partial charge on any atom is 0.298 e. The van der Waals surface area contributed by atoms with Crippen molar-refractivity contribution in [1.29, 1.82) is 5.26 Å². The second kappa shape index (κ2) is 5.19. The molecule has 2 rings (SSSR count). The molecule has 0 aliphatic heterocycles. The SMILES string of the molecule is Cc1ccc(C(F)(F)c2cccc(CC#N)c2)cc1. The van der Waals surface area contributed by atoms with Crippen molar-refractivity contribution in [1.82, 2.24) is 0 Å². The minimum absolute atomic E-state index is 0.0350. The number of hydrogen-bond donors (Lipinski definition) is 0. The lowest BCUT2D eigenvalue weighted by atomic mass is 9.97. The third-order valence-electron chi connectivity index (χ3n) is 2.99. The molecule has 2 aromatic rings. The van der Waals surface area contributed by atoms with Crippen molar-refractivity contribution in [2.24, 2.45) is 0 Å². The standard InChI is InChI=1S/C16H13F2N/c1-12-5-7-14(8-6-12)16(17,18)15-4-2-3-13(11-15)9-10-19/h2-8,11H,9H2,1H3. The molecule has 3 heteroatoms. The molecule has 0 saturated carbocycles. The van der Waals surface area contributed by atoms with Gasteiger partial charge in [0.25, 0.3) is 5.92 Å². The van der Waals surface area contributed by atoms with E-state index in [4.69, 9.17) is 5.26 Å². The minimum atomic E-state index is -3.04. The van der Waals surface area contributed by atoms with Crippen LogP contribution in [0.1, 0.15) is 22.3 Å². The Labute approximate surface area is 111 Å². The smallest absolute Gasteiger partial charge is 0.198 e. The molecule has 96 valence electrons. The molecule has 0 spiro atoms. The summed E-state index contributed by atoms with van der Waals surface area (Å²) in [5.41, 5.74) is 1.43. The number of halogens is 2. The molecule has 0 heterocycles. The zero-order valence-corrected chi connectivity index (χ0v) is 10.5. The van der Waals surface area contributed by atoms with Gasteiger partial charge in [-0.25, -0.2) is 0 Å². The Morgan fingerprint density at radius 1 is 1.05 bits per heavy atom. The zero-order chi connectivity index (χ0) is 13.9. The van der Waals surface area contributed by atoms with Crippen LogP contribution in [-0.2, 0) is 12.3 Å². The van der Waals surface area contributed by atoms with Crippen molar-refractivity contribution in [3.8, 4) is 6.07 Å². The Balaban J connectivity index is 2.41. The Hall–Kier alpha value is -2.21. The summed E-state index contributed by atoms with van der Waals surface area (Å²) in [5, 5.41) is 8.62. The predicted molar refractivity (Wildman–Crippen MR) is 69.9 cm³/mol. The third kappa shape index (κ3) is 2.79. The van der Waals surface area contributed by atoms with Crippen molar-refractivity contribution < 1.29 is 8.78 Å². The second-order valence-corrected chi connectivity index (χ2v) is 4.48. The lowest BCUT2D eigenvalue weighted by molar-refractivity contribution is 0.0427. The van der Waals surface area contributed by atoms with E-state index in [9.17, 15) is 8.78 Å². The summed E-state index contributed by atoms with van der Waals surface area (Å²) >= 11 is 0. The fourth-order valence-corrected chi connectivity index (χ4v) is 1.90. The highest BCUT2D eigenvalue weighted by molar-refractivity contribution is 5.37. The first-order chi connectivity index (χ1) is 9.04. The van der Waals surface area contributed by atoms with Crippen molar-refractivity contribution >= 4 is 0 Å². The number of benzene rings is 2. The van der Waals surface area contributed by atoms with E-state index in [0.717, 1.165) is 5.56 Å². The minimum Gasteiger partial charge on any atom is -0.198 e. The van der Waals surface area contributed by atoms with Gasteiger partial charge in [0, 0.05) is 11.1 Å². The molecule has 0 aliphatic rings. The van der Waals surface area contributed by atoms with Crippen molar-refractivity contribution in [3.63, 3.8) is 0 Å². The molecule has 2 aromatic carbocycles. The van der Waals surface area contributed by atoms with Crippen LogP contribution < -0.4 is 0 Å². The lowest BCUT2D eigenvalue weighted by Crippen LogP contribution is -2.15. The molecule has 0 amide bonds. The van der Waals surface area contributed by atoms with Crippen LogP contribution in [-0.4, -0.2) is 0 Å². The molecule has 0 aromatic heterocycles. The molecule has 0 radical (unpaired) electrons. The lowest BCUT2D eigenvalue weighted by Gasteiger charge is -2.18. The van der Waals surface area contributed by atoms with Crippen LogP contribution in [0.4, 0.5) is 8.78 Å². The van der Waals surface area contributed by atoms with Gasteiger partial charge in [0.15, 0.2) is 0 Å². The molecule has 0 atom stereocenters. The number of alkyl halides is 2. The number of rotatable bonds is 3. The molecule has 0 aliphatic carbocycles. The van der Waals surface area contributed by atoms with E-state index in [0.29, 0.717) is 5.56 Å². The van der Waals surface area contributed by atoms with Gasteiger partial charge in [0.2, 0.25) is 0 Å². The highest BCUT2D eigenvalue weighted by atomic mass is 19.3. The molecule has 19 heavy (non-hydrogen) atoms. The molecule has 0 fully saturated rings. The van der Waals surface area contributed by atoms with Gasteiger partial charge < -0.3 is 0 Å². The zero-order valence-electron chi connectivity index (χ0n) is 10.5. The van der Waals surface area contributed by atoms with Crippen LogP contribution >= 0.6 is 0 Å². The number of nitriles is 1. The first-order valence-electron chi connectivity index (χ1n) is 5.95. The van der Waals surface area contributed by atoms with Gasteiger partial charge in [-0.15, -0.1) is 0 Å². The second-order valence-electron chi connectivity index (χ2n) is 4.48. The predicted octanol–water partition coefficient (Wildman–Crippen LogP) is 4.20. The highest BCUT2D eigenvalue weighted by Crippen LogP contribution is 2.35. The first-order valence-corrected chi connectivity index (χ1v) is 5.95. The van der Waals surface area contributed by atoms with Crippen LogP contribution in [0, 0.1) is 18.3 Å². The van der Waals surface area contributed by atoms with E-state index < -0.39 is 5.92 Å². The molecular formula is C16H13F2N. The first kappa shape index (κ1) is 13.2. The van der Waals surface area contributed by atoms with Gasteiger partial charge in [-0.1, -0.05) is 48.0 Å². The fraction of sp³-hybridized carbons (Fsp3) is 0.188. The largest absolute Gasteiger partial charge is 0.298 e. The topological polar surface area (TPSA) is 23.8 Å². The van der Waals surface area contributed by atoms with Gasteiger partial charge in [-0.3, -0.25) is 0 Å². The Morgan fingerprint density at radius 3 is 2.37 bits per heavy atom. The average molecular weight is 257 g/mol. The normalized spacial score (nSPS) is 11.1. The van der Waals surface area contributed by atoms with Crippen LogP contribution in [0.25, 0.3) is 0 Å². The Bertz CT molecular complexity index is 609. The molecular weight excluding hydrogens is 244 g/mol. The van der Waals surface area contributed by atoms with E-state index in [-0.39, 0.29) is 17.5 Å². The maximum atomic E-state index is 14.4. The summed E-state index contributed by atoms with van der Waals surface area (Å²) in [7, 11) is 0. The Kier molecular flexibility index (Phi) is 3.62. The van der Waals surface area contributed by atoms with Gasteiger partial charge in [-0.2, -0.15) is 14.0 Å². The molecule has 0 N–H and O–H groups in total. The number of hydrogen-bond acceptors (Lipinski definition) is 1. The van der Waals surface area contributed by atoms with Crippen molar-refractivity contribution in [2.45, 2.75) is 19.3 Å². The summed E-state index contributed by atoms with van der Waals surface area (Å²) in [6.45, 7) is 1.86. The van der Waals surface area contributed by atoms with Crippen LogP contribution in [0.3, 0.4) is 0 Å². The molecule has 0 bridgehead atoms. The van der Waals surface area contributed by atoms with E-state index in [1.165, 1.54) is 24.3 Å². The van der Waals surface area contributed by atoms with E-state index in [1.54, 1.807) is 24.3 Å². The summed E-state index contributed by atoms with van der Waals surface area (Å²) in [6, 6.07) is 14.2. The van der Waals surface area contributed by atoms with E-state index >= 15 is 0 Å². The Morgan fingerprint density at radius 2 is 1.74 bits per heavy atom. The van der Waals surface area contributed by atoms with Crippen LogP contribution in [0.15, 0.2) is 48.5 Å². The quantitative estimate of drug-likeness (QED) is 0.808. The molecule has 0 saturated heterocycles. The molecule has 1 nitrogen and oxygen atoms in total. The monoisotopic (exact) mass is 257 g/mol. The third-order valence-corrected chi connectivity index (χ3v) is 2.99. The summed E-state index contributed by atoms with van der Waals surface area (Å²) in [5.74, 6) is -3.04. The summed E-state index contributed by atoms with van der Waals surface area (Å²) in [6.07, 6.45) is 0.137. The van der Waals surface area contributed by atoms with Crippen LogP contribution in [0.2, 0.25) is 0 Å². The van der Waals surface area contributed by atoms with Gasteiger partial charge in [-0.05, 0) is 18.6 Å².